The summed E-state index contributed by atoms with van der Waals surface area (Å²) in [6, 6.07) is 122. The summed E-state index contributed by atoms with van der Waals surface area (Å²) in [4.78, 5) is 49.3. The maximum absolute atomic E-state index is 10.5. The summed E-state index contributed by atoms with van der Waals surface area (Å²) in [5.74, 6) is 0.699. The molecule has 0 bridgehead atoms. The summed E-state index contributed by atoms with van der Waals surface area (Å²) in [7, 11) is 0. The molecule has 2 atom stereocenters. The van der Waals surface area contributed by atoms with Gasteiger partial charge in [-0.2, -0.15) is 0 Å². The van der Waals surface area contributed by atoms with E-state index in [1.54, 1.807) is 48.5 Å². The van der Waals surface area contributed by atoms with Gasteiger partial charge in [0.25, 0.3) is 0 Å². The van der Waals surface area contributed by atoms with E-state index < -0.39 is 0 Å². The number of benzene rings is 11. The number of carbonyl (C=O) groups is 1. The molecule has 2 unspecified atom stereocenters. The summed E-state index contributed by atoms with van der Waals surface area (Å²) in [5.41, 5.74) is 30.3. The Morgan fingerprint density at radius 2 is 0.709 bits per heavy atom. The first-order valence-corrected chi connectivity index (χ1v) is 48.8. The Kier molecular flexibility index (Phi) is 35.7. The SMILES string of the molecule is CC(=O)C=C(C)O.CC(C)(C)c1cc(-c2cc(C(C)(C)C)cc(-c3ccccc3O)n2)nc(-c2ccccc2O)c1.CC(C)(C)c1cc(CC2[N-]c3ccccc3N2c2ccccc2)nc(-c2cc(C(C)(C)C)cc(CC3[N-]c4ccccc4N3c3ccccc3)n2)c1.CC1(C)c2ccccc2-c2c[c-]c(-c3nccc4ccccc34)cc21.Oc1ccccc1-c1cccc(-c2cccc(-c3ccccc3O)n2)n1.[Ir].[Pd].[Pt+2].[Pt]. The molecule has 1 aliphatic carbocycles. The number of hydrogen-bond donors (Lipinski definition) is 5. The van der Waals surface area contributed by atoms with Crippen LogP contribution in [-0.2, 0) is 127 Å². The van der Waals surface area contributed by atoms with Crippen molar-refractivity contribution < 1.29 is 113 Å². The number of hydrogen-bond acceptors (Lipinski definition) is 15. The van der Waals surface area contributed by atoms with Crippen LogP contribution >= 0.6 is 0 Å². The van der Waals surface area contributed by atoms with Gasteiger partial charge < -0.3 is 51.0 Å². The van der Waals surface area contributed by atoms with Crippen molar-refractivity contribution in [1.29, 1.82) is 0 Å². The van der Waals surface area contributed by atoms with Crippen LogP contribution in [0.1, 0.15) is 156 Å². The molecule has 5 N–H and O–H groups in total. The molecule has 11 aromatic carbocycles. The number of para-hydroxylation sites is 10. The van der Waals surface area contributed by atoms with Crippen molar-refractivity contribution in [3.8, 4) is 125 Å². The molecule has 0 saturated heterocycles. The molecule has 0 amide bonds. The van der Waals surface area contributed by atoms with Crippen molar-refractivity contribution in [2.24, 2.45) is 0 Å². The molecule has 21 rings (SSSR count). The summed E-state index contributed by atoms with van der Waals surface area (Å²) < 4.78 is 0. The fraction of sp³-hybridized carbons (Fsp3) is 0.197. The van der Waals surface area contributed by atoms with Crippen LogP contribution in [0.5, 0.6) is 23.0 Å². The van der Waals surface area contributed by atoms with Crippen LogP contribution in [0.4, 0.5) is 34.1 Å². The molecule has 9 heterocycles. The first-order chi connectivity index (χ1) is 68.9. The van der Waals surface area contributed by atoms with E-state index >= 15 is 0 Å². The third-order valence-electron chi connectivity index (χ3n) is 26.0. The Balaban J connectivity index is 0.000000166. The Labute approximate surface area is 925 Å². The van der Waals surface area contributed by atoms with E-state index in [2.05, 4.69) is 340 Å². The first kappa shape index (κ1) is 111. The van der Waals surface area contributed by atoms with Crippen LogP contribution in [0.2, 0.25) is 0 Å². The van der Waals surface area contributed by atoms with E-state index in [0.717, 1.165) is 90.7 Å². The summed E-state index contributed by atoms with van der Waals surface area (Å²) in [5, 5.41) is 62.3. The van der Waals surface area contributed by atoms with Crippen molar-refractivity contribution in [2.75, 3.05) is 9.80 Å². The molecule has 3 aliphatic rings. The topological polar surface area (TPSA) is 243 Å². The normalized spacial score (nSPS) is 13.4. The zero-order valence-corrected chi connectivity index (χ0v) is 94.1. The number of phenolic OH excluding ortho intramolecular Hbond substituents is 4. The second-order valence-electron chi connectivity index (χ2n) is 41.2. The Bertz CT molecular complexity index is 7440. The van der Waals surface area contributed by atoms with Crippen molar-refractivity contribution in [1.82, 2.24) is 34.9 Å². The third-order valence-corrected chi connectivity index (χ3v) is 26.0. The molecular weight excluding hydrogens is 2460 g/mol. The minimum absolute atomic E-state index is 0. The van der Waals surface area contributed by atoms with E-state index in [9.17, 15) is 25.2 Å². The Morgan fingerprint density at radius 3 is 1.11 bits per heavy atom. The average molecular weight is 2590 g/mol. The molecule has 18 aromatic rings. The second-order valence-corrected chi connectivity index (χ2v) is 41.2. The van der Waals surface area contributed by atoms with Crippen molar-refractivity contribution in [3.05, 3.63) is 437 Å². The van der Waals surface area contributed by atoms with Crippen LogP contribution < -0.4 is 9.80 Å². The number of ketones is 1. The smallest absolute Gasteiger partial charge is 0.663 e. The largest absolute Gasteiger partial charge is 2.00 e. The molecule has 21 heteroatoms. The van der Waals surface area contributed by atoms with Gasteiger partial charge in [-0.3, -0.25) is 14.8 Å². The molecule has 7 aromatic heterocycles. The van der Waals surface area contributed by atoms with Gasteiger partial charge in [0, 0.05) is 130 Å². The van der Waals surface area contributed by atoms with Crippen molar-refractivity contribution in [3.63, 3.8) is 0 Å². The van der Waals surface area contributed by atoms with E-state index in [1.807, 2.05) is 103 Å². The van der Waals surface area contributed by atoms with Gasteiger partial charge >= 0.3 is 21.1 Å². The number of rotatable bonds is 15. The fourth-order valence-electron chi connectivity index (χ4n) is 18.4. The quantitative estimate of drug-likeness (QED) is 0.0277. The number of aliphatic hydroxyl groups excluding tert-OH is 1. The number of phenols is 4. The van der Waals surface area contributed by atoms with Gasteiger partial charge in [0.2, 0.25) is 0 Å². The number of aromatic nitrogens is 7. The molecule has 17 nitrogen and oxygen atoms in total. The van der Waals surface area contributed by atoms with E-state index in [1.165, 1.54) is 64.1 Å². The number of aliphatic hydroxyl groups is 1. The third kappa shape index (κ3) is 25.7. The van der Waals surface area contributed by atoms with Crippen molar-refractivity contribution >= 4 is 50.7 Å². The molecule has 0 saturated carbocycles. The van der Waals surface area contributed by atoms with Gasteiger partial charge in [-0.1, -0.05) is 290 Å². The van der Waals surface area contributed by atoms with E-state index in [0.29, 0.717) is 69.3 Å². The number of nitrogens with zero attached hydrogens (tertiary/aromatic N) is 11. The predicted molar refractivity (Wildman–Crippen MR) is 587 cm³/mol. The second kappa shape index (κ2) is 47.5. The summed E-state index contributed by atoms with van der Waals surface area (Å²) >= 11 is 0. The number of carbonyl (C=O) groups excluding carboxylic acids is 1. The van der Waals surface area contributed by atoms with Crippen LogP contribution in [0.15, 0.2) is 376 Å². The molecule has 148 heavy (non-hydrogen) atoms. The summed E-state index contributed by atoms with van der Waals surface area (Å²) in [6.45, 7) is 34.0. The van der Waals surface area contributed by atoms with Gasteiger partial charge in [0.05, 0.1) is 62.7 Å². The van der Waals surface area contributed by atoms with Gasteiger partial charge in [-0.15, -0.1) is 40.7 Å². The zero-order valence-electron chi connectivity index (χ0n) is 85.6. The minimum Gasteiger partial charge on any atom is -0.663 e. The van der Waals surface area contributed by atoms with Gasteiger partial charge in [0.1, 0.15) is 23.0 Å². The standard InChI is InChI=1S/C46H46N6.C30H32N2O2.C24H18N.C22H16N2O2.C5H8O2.Ir.Pd.2Pt/c1-45(2,3)31-25-33(29-43-49-37-21-13-15-23-41(37)51(43)35-17-9-7-10-18-35)47-39(27-31)40-28-32(46(4,5)6)26-34(48-40)30-44-50-38-22-14-16-24-42(38)52(44)36-19-11-8-12-20-36;1-29(2,3)19-15-23(21-11-7-9-13-27(21)33)31-25(17-19)26-18-20(30(4,5)6)16-24(32-26)22-12-8-10-14-28(22)34;1-24(2)21-10-6-5-9-19(21)20-12-11-17(15-22(20)24)23-18-8-4-3-7-16(18)13-14-25-23;25-21-13-3-1-7-15(21)17-9-5-11-19(23-17)20-12-6-10-18(24-20)16-8-2-4-14-22(16)26;1-4(6)3-5(2)7;;;;/h7-28,43-44H,29-30H2,1-6H3;7-18,33-34H,1-6H3;3-10,12-15H,1-2H3;1-14,25-26H;3,6H,1-2H3;;;;/q-2;;-1;;;;;;+2. The molecule has 2 aliphatic heterocycles. The van der Waals surface area contributed by atoms with Gasteiger partial charge in [0.15, 0.2) is 5.78 Å². The number of aromatic hydroxyl groups is 4. The maximum atomic E-state index is 10.5. The minimum atomic E-state index is -0.126. The molecule has 0 spiro atoms. The zero-order chi connectivity index (χ0) is 102. The molecular formula is C127H120IrN11O6PdPt2-. The number of anilines is 4. The van der Waals surface area contributed by atoms with Crippen LogP contribution in [-0.4, -0.2) is 78.5 Å². The fourth-order valence-corrected chi connectivity index (χ4v) is 18.4. The Morgan fingerprint density at radius 1 is 0.372 bits per heavy atom. The predicted octanol–water partition coefficient (Wildman–Crippen LogP) is 31.6. The first-order valence-electron chi connectivity index (χ1n) is 48.8. The van der Waals surface area contributed by atoms with Crippen molar-refractivity contribution in [2.45, 2.75) is 163 Å². The van der Waals surface area contributed by atoms with E-state index in [-0.39, 0.29) is 157 Å². The van der Waals surface area contributed by atoms with E-state index in [4.69, 9.17) is 35.7 Å². The van der Waals surface area contributed by atoms with Crippen LogP contribution in [0.25, 0.3) is 123 Å². The average Bonchev–Trinajstić information content (AvgIpc) is 1.56. The molecule has 1 radical (unpaired) electrons. The van der Waals surface area contributed by atoms with Crippen LogP contribution in [0.3, 0.4) is 0 Å². The number of pyridine rings is 7. The molecule has 759 valence electrons. The molecule has 0 fully saturated rings. The van der Waals surface area contributed by atoms with Crippen LogP contribution in [0, 0.1) is 6.07 Å². The Hall–Kier alpha value is -14.0. The maximum Gasteiger partial charge on any atom is 2.00 e. The monoisotopic (exact) mass is 2580 g/mol. The van der Waals surface area contributed by atoms with Gasteiger partial charge in [-0.25, -0.2) is 19.9 Å². The van der Waals surface area contributed by atoms with Gasteiger partial charge in [-0.05, 0) is 274 Å². The summed E-state index contributed by atoms with van der Waals surface area (Å²) in [6.07, 6.45) is 4.15. The number of allylic oxidation sites excluding steroid dienone is 2. The number of fused-ring (bicyclic) bond motifs is 6.